The Kier molecular flexibility index (Phi) is 5.65. The lowest BCUT2D eigenvalue weighted by Gasteiger charge is -2.37. The maximum absolute atomic E-state index is 13.0. The molecule has 28 heavy (non-hydrogen) atoms. The molecule has 1 aliphatic heterocycles. The van der Waals surface area contributed by atoms with E-state index in [0.717, 1.165) is 36.0 Å². The molecule has 4 heteroatoms. The molecule has 0 bridgehead atoms. The van der Waals surface area contributed by atoms with Crippen LogP contribution in [0.1, 0.15) is 36.0 Å². The van der Waals surface area contributed by atoms with Gasteiger partial charge in [0.05, 0.1) is 30.5 Å². The average molecular weight is 395 g/mol. The Bertz CT molecular complexity index is 883. The van der Waals surface area contributed by atoms with Gasteiger partial charge in [-0.2, -0.15) is 0 Å². The lowest BCUT2D eigenvalue weighted by Crippen LogP contribution is -2.41. The van der Waals surface area contributed by atoms with Gasteiger partial charge in [-0.3, -0.25) is 4.79 Å². The summed E-state index contributed by atoms with van der Waals surface area (Å²) in [6, 6.07) is 15.5. The molecule has 0 saturated heterocycles. The Hall–Kier alpha value is -2.36. The summed E-state index contributed by atoms with van der Waals surface area (Å²) in [5.41, 5.74) is 3.73. The molecule has 0 aromatic heterocycles. The molecule has 0 spiro atoms. The fourth-order valence-electron chi connectivity index (χ4n) is 3.91. The number of carbonyl (C=O) groups excluding carboxylic acids is 1. The Morgan fingerprint density at radius 3 is 2.57 bits per heavy atom. The van der Waals surface area contributed by atoms with Crippen LogP contribution in [-0.4, -0.2) is 18.0 Å². The summed E-state index contributed by atoms with van der Waals surface area (Å²) in [7, 11) is 0. The number of carbonyl (C=O) groups is 1. The number of Topliss-reactive ketones (excluding diaryl/α,β-unsaturated/α-hetero) is 1. The summed E-state index contributed by atoms with van der Waals surface area (Å²) < 4.78 is 12.1. The van der Waals surface area contributed by atoms with Crippen LogP contribution >= 0.6 is 11.6 Å². The van der Waals surface area contributed by atoms with Crippen molar-refractivity contribution in [3.05, 3.63) is 83.1 Å². The van der Waals surface area contributed by atoms with Crippen LogP contribution in [0, 0.1) is 5.92 Å². The highest BCUT2D eigenvalue weighted by Gasteiger charge is 2.40. The first kappa shape index (κ1) is 19.0. The van der Waals surface area contributed by atoms with E-state index in [4.69, 9.17) is 21.1 Å². The van der Waals surface area contributed by atoms with E-state index in [-0.39, 0.29) is 23.9 Å². The maximum atomic E-state index is 13.0. The third-order valence-corrected chi connectivity index (χ3v) is 5.81. The third kappa shape index (κ3) is 4.06. The molecule has 0 amide bonds. The molecule has 3 unspecified atom stereocenters. The van der Waals surface area contributed by atoms with Crippen LogP contribution in [0.2, 0.25) is 5.02 Å². The number of hydrogen-bond donors (Lipinski definition) is 0. The van der Waals surface area contributed by atoms with E-state index in [1.807, 2.05) is 30.3 Å². The van der Waals surface area contributed by atoms with E-state index in [9.17, 15) is 4.79 Å². The Labute approximate surface area is 170 Å². The number of benzene rings is 2. The van der Waals surface area contributed by atoms with E-state index >= 15 is 0 Å². The van der Waals surface area contributed by atoms with E-state index < -0.39 is 0 Å². The molecule has 0 radical (unpaired) electrons. The number of rotatable bonds is 5. The van der Waals surface area contributed by atoms with Gasteiger partial charge in [0.25, 0.3) is 0 Å². The SMILES string of the molecule is C=Cc1ccc(COC2CCC3C(=O)C(c4ccc(Cl)cc4)=COC3C2)cc1. The summed E-state index contributed by atoms with van der Waals surface area (Å²) in [5, 5.41) is 0.656. The van der Waals surface area contributed by atoms with Gasteiger partial charge in [-0.15, -0.1) is 0 Å². The predicted molar refractivity (Wildman–Crippen MR) is 112 cm³/mol. The van der Waals surface area contributed by atoms with Crippen molar-refractivity contribution in [3.8, 4) is 0 Å². The van der Waals surface area contributed by atoms with Gasteiger partial charge in [0.2, 0.25) is 0 Å². The number of hydrogen-bond acceptors (Lipinski definition) is 3. The first-order chi connectivity index (χ1) is 13.6. The van der Waals surface area contributed by atoms with E-state index in [2.05, 4.69) is 18.7 Å². The zero-order chi connectivity index (χ0) is 19.5. The molecule has 3 atom stereocenters. The van der Waals surface area contributed by atoms with Crippen LogP contribution in [-0.2, 0) is 20.9 Å². The average Bonchev–Trinajstić information content (AvgIpc) is 2.74. The molecule has 2 aromatic carbocycles. The minimum atomic E-state index is -0.106. The molecule has 4 rings (SSSR count). The van der Waals surface area contributed by atoms with E-state index in [1.54, 1.807) is 18.4 Å². The van der Waals surface area contributed by atoms with Crippen molar-refractivity contribution < 1.29 is 14.3 Å². The molecule has 1 aliphatic carbocycles. The minimum absolute atomic E-state index is 0.0950. The summed E-state index contributed by atoms with van der Waals surface area (Å²) in [6.07, 6.45) is 5.84. The molecule has 1 fully saturated rings. The Morgan fingerprint density at radius 1 is 1.11 bits per heavy atom. The second kappa shape index (κ2) is 8.34. The van der Waals surface area contributed by atoms with Gasteiger partial charge in [0.1, 0.15) is 6.10 Å². The second-order valence-corrected chi connectivity index (χ2v) is 7.81. The summed E-state index contributed by atoms with van der Waals surface area (Å²) in [4.78, 5) is 13.0. The number of fused-ring (bicyclic) bond motifs is 1. The molecule has 2 aliphatic rings. The molecular weight excluding hydrogens is 372 g/mol. The fraction of sp³-hybridized carbons (Fsp3) is 0.292. The number of halogens is 1. The molecular formula is C24H23ClO3. The lowest BCUT2D eigenvalue weighted by atomic mass is 9.78. The smallest absolute Gasteiger partial charge is 0.173 e. The van der Waals surface area contributed by atoms with Gasteiger partial charge in [-0.25, -0.2) is 0 Å². The topological polar surface area (TPSA) is 35.5 Å². The molecule has 1 saturated carbocycles. The third-order valence-electron chi connectivity index (χ3n) is 5.56. The van der Waals surface area contributed by atoms with Crippen LogP contribution in [0.4, 0.5) is 0 Å². The van der Waals surface area contributed by atoms with Gasteiger partial charge in [-0.05, 0) is 41.7 Å². The molecule has 3 nitrogen and oxygen atoms in total. The zero-order valence-electron chi connectivity index (χ0n) is 15.6. The summed E-state index contributed by atoms with van der Waals surface area (Å²) in [6.45, 7) is 4.34. The van der Waals surface area contributed by atoms with Crippen LogP contribution < -0.4 is 0 Å². The first-order valence-corrected chi connectivity index (χ1v) is 10.0. The van der Waals surface area contributed by atoms with Crippen molar-refractivity contribution >= 4 is 29.0 Å². The van der Waals surface area contributed by atoms with Crippen LogP contribution in [0.5, 0.6) is 0 Å². The lowest BCUT2D eigenvalue weighted by molar-refractivity contribution is -0.128. The molecule has 2 aromatic rings. The minimum Gasteiger partial charge on any atom is -0.496 e. The first-order valence-electron chi connectivity index (χ1n) is 9.63. The maximum Gasteiger partial charge on any atom is 0.173 e. The number of allylic oxidation sites excluding steroid dienone is 1. The van der Waals surface area contributed by atoms with Crippen molar-refractivity contribution in [1.82, 2.24) is 0 Å². The van der Waals surface area contributed by atoms with Gasteiger partial charge in [0, 0.05) is 11.4 Å². The van der Waals surface area contributed by atoms with E-state index in [1.165, 1.54) is 0 Å². The van der Waals surface area contributed by atoms with Crippen molar-refractivity contribution in [3.63, 3.8) is 0 Å². The van der Waals surface area contributed by atoms with Gasteiger partial charge >= 0.3 is 0 Å². The number of ether oxygens (including phenoxy) is 2. The highest BCUT2D eigenvalue weighted by atomic mass is 35.5. The second-order valence-electron chi connectivity index (χ2n) is 7.38. The largest absolute Gasteiger partial charge is 0.496 e. The van der Waals surface area contributed by atoms with Crippen molar-refractivity contribution in [2.45, 2.75) is 38.1 Å². The van der Waals surface area contributed by atoms with Crippen molar-refractivity contribution in [2.75, 3.05) is 0 Å². The van der Waals surface area contributed by atoms with Gasteiger partial charge in [-0.1, -0.05) is 60.7 Å². The normalized spacial score (nSPS) is 24.1. The van der Waals surface area contributed by atoms with Gasteiger partial charge < -0.3 is 9.47 Å². The van der Waals surface area contributed by atoms with Crippen molar-refractivity contribution in [1.29, 1.82) is 0 Å². The highest BCUT2D eigenvalue weighted by Crippen LogP contribution is 2.37. The highest BCUT2D eigenvalue weighted by molar-refractivity contribution is 6.30. The zero-order valence-corrected chi connectivity index (χ0v) is 16.4. The quantitative estimate of drug-likeness (QED) is 0.654. The standard InChI is InChI=1S/C24H23ClO3/c1-2-16-3-5-17(6-4-16)14-27-20-11-12-21-23(13-20)28-15-22(24(21)26)18-7-9-19(25)10-8-18/h2-10,15,20-21,23H,1,11-14H2. The Balaban J connectivity index is 1.37. The molecule has 1 heterocycles. The monoisotopic (exact) mass is 394 g/mol. The van der Waals surface area contributed by atoms with Gasteiger partial charge in [0.15, 0.2) is 5.78 Å². The van der Waals surface area contributed by atoms with Crippen LogP contribution in [0.3, 0.4) is 0 Å². The fourth-order valence-corrected chi connectivity index (χ4v) is 4.04. The summed E-state index contributed by atoms with van der Waals surface area (Å²) >= 11 is 5.95. The Morgan fingerprint density at radius 2 is 1.86 bits per heavy atom. The molecule has 144 valence electrons. The van der Waals surface area contributed by atoms with E-state index in [0.29, 0.717) is 17.2 Å². The van der Waals surface area contributed by atoms with Crippen LogP contribution in [0.25, 0.3) is 11.6 Å². The van der Waals surface area contributed by atoms with Crippen LogP contribution in [0.15, 0.2) is 61.4 Å². The molecule has 0 N–H and O–H groups in total. The van der Waals surface area contributed by atoms with Crippen molar-refractivity contribution in [2.24, 2.45) is 5.92 Å². The summed E-state index contributed by atoms with van der Waals surface area (Å²) in [5.74, 6) is 0.0689. The predicted octanol–water partition coefficient (Wildman–Crippen LogP) is 5.68. The number of ketones is 1.